The van der Waals surface area contributed by atoms with E-state index in [0.29, 0.717) is 0 Å². The van der Waals surface area contributed by atoms with Gasteiger partial charge in [0, 0.05) is 33.6 Å². The van der Waals surface area contributed by atoms with Crippen molar-refractivity contribution in [2.24, 2.45) is 0 Å². The van der Waals surface area contributed by atoms with Gasteiger partial charge in [0.2, 0.25) is 0 Å². The molecule has 0 bridgehead atoms. The standard InChI is InChI=1S/C4H8NO.Zn/c1-4(6)5(2)3;/h1H2,2-3H3;/q-1;/i2+1,3+1;. The van der Waals surface area contributed by atoms with Gasteiger partial charge in [-0.1, -0.05) is 0 Å². The van der Waals surface area contributed by atoms with Gasteiger partial charge in [-0.25, -0.2) is 0 Å². The van der Waals surface area contributed by atoms with E-state index in [1.54, 1.807) is 14.1 Å². The van der Waals surface area contributed by atoms with Crippen molar-refractivity contribution in [2.75, 3.05) is 14.1 Å². The maximum Gasteiger partial charge on any atom is 0.0817 e. The summed E-state index contributed by atoms with van der Waals surface area (Å²) in [7, 11) is 3.32. The van der Waals surface area contributed by atoms with Crippen LogP contribution in [0.3, 0.4) is 0 Å². The van der Waals surface area contributed by atoms with Crippen LogP contribution >= 0.6 is 0 Å². The molecular formula is C4H8NOZn-. The van der Waals surface area contributed by atoms with Gasteiger partial charge in [-0.05, 0) is 0 Å². The third-order valence-electron chi connectivity index (χ3n) is 0.499. The third-order valence-corrected chi connectivity index (χ3v) is 0.499. The fraction of sp³-hybridized carbons (Fsp3) is 0.500. The summed E-state index contributed by atoms with van der Waals surface area (Å²) in [5.74, 6) is -0.157. The summed E-state index contributed by atoms with van der Waals surface area (Å²) in [4.78, 5) is 11.4. The van der Waals surface area contributed by atoms with E-state index in [1.807, 2.05) is 0 Å². The molecule has 0 atom stereocenters. The first-order valence-electron chi connectivity index (χ1n) is 1.68. The van der Waals surface area contributed by atoms with Gasteiger partial charge >= 0.3 is 0 Å². The van der Waals surface area contributed by atoms with Gasteiger partial charge in [-0.15, -0.1) is 0 Å². The Morgan fingerprint density at radius 1 is 1.57 bits per heavy atom. The maximum atomic E-state index is 9.96. The molecule has 0 aliphatic rings. The minimum absolute atomic E-state index is 0. The molecule has 0 N–H and O–H groups in total. The average Bonchev–Trinajstić information content (AvgIpc) is 1.36. The topological polar surface area (TPSA) is 20.3 Å². The molecule has 2 nitrogen and oxygen atoms in total. The van der Waals surface area contributed by atoms with E-state index in [-0.39, 0.29) is 25.4 Å². The van der Waals surface area contributed by atoms with Crippen molar-refractivity contribution in [1.29, 1.82) is 0 Å². The van der Waals surface area contributed by atoms with Crippen LogP contribution in [0, 0.1) is 6.92 Å². The largest absolute Gasteiger partial charge is 0.374 e. The van der Waals surface area contributed by atoms with Gasteiger partial charge < -0.3 is 16.6 Å². The molecule has 0 rings (SSSR count). The average molecular weight is 153 g/mol. The molecule has 38 valence electrons. The number of amides is 1. The number of rotatable bonds is 0. The van der Waals surface area contributed by atoms with Crippen LogP contribution in [-0.4, -0.2) is 24.9 Å². The number of hydrogen-bond donors (Lipinski definition) is 0. The normalized spacial score (nSPS) is 6.57. The molecule has 0 aliphatic heterocycles. The van der Waals surface area contributed by atoms with Gasteiger partial charge in [0.1, 0.15) is 0 Å². The molecule has 0 aromatic heterocycles. The van der Waals surface area contributed by atoms with Crippen molar-refractivity contribution in [2.45, 2.75) is 0 Å². The van der Waals surface area contributed by atoms with Gasteiger partial charge in [-0.2, -0.15) is 0 Å². The quantitative estimate of drug-likeness (QED) is 0.271. The van der Waals surface area contributed by atoms with Crippen molar-refractivity contribution < 1.29 is 24.3 Å². The fourth-order valence-electron chi connectivity index (χ4n) is 0. The number of nitrogens with zero attached hydrogens (tertiary/aromatic N) is 1. The van der Waals surface area contributed by atoms with Crippen LogP contribution in [0.15, 0.2) is 0 Å². The van der Waals surface area contributed by atoms with Crippen LogP contribution < -0.4 is 0 Å². The number of carbonyl (C=O) groups is 1. The van der Waals surface area contributed by atoms with Crippen molar-refractivity contribution >= 4 is 5.91 Å². The Kier molecular flexibility index (Phi) is 5.93. The SMILES string of the molecule is [CH2-]C(=O)N([13CH3])[13CH3].[Zn]. The predicted molar refractivity (Wildman–Crippen MR) is 24.1 cm³/mol. The number of hydrogen-bond acceptors (Lipinski definition) is 1. The molecule has 0 radical (unpaired) electrons. The van der Waals surface area contributed by atoms with E-state index in [0.717, 1.165) is 0 Å². The van der Waals surface area contributed by atoms with Gasteiger partial charge in [0.05, 0.1) is 5.91 Å². The summed E-state index contributed by atoms with van der Waals surface area (Å²) in [5.41, 5.74) is 0. The molecule has 0 saturated heterocycles. The molecule has 0 fully saturated rings. The second kappa shape index (κ2) is 4.13. The van der Waals surface area contributed by atoms with Crippen LogP contribution in [0.2, 0.25) is 0 Å². The Morgan fingerprint density at radius 2 is 1.71 bits per heavy atom. The zero-order valence-corrected chi connectivity index (χ0v) is 7.74. The maximum absolute atomic E-state index is 9.96. The van der Waals surface area contributed by atoms with Crippen molar-refractivity contribution in [3.8, 4) is 0 Å². The van der Waals surface area contributed by atoms with E-state index < -0.39 is 0 Å². The van der Waals surface area contributed by atoms with E-state index in [4.69, 9.17) is 0 Å². The van der Waals surface area contributed by atoms with Crippen molar-refractivity contribution in [1.82, 2.24) is 4.90 Å². The first kappa shape index (κ1) is 10.1. The van der Waals surface area contributed by atoms with Crippen molar-refractivity contribution in [3.63, 3.8) is 0 Å². The van der Waals surface area contributed by atoms with Gasteiger partial charge in [0.25, 0.3) is 0 Å². The van der Waals surface area contributed by atoms with E-state index in [9.17, 15) is 4.79 Å². The summed E-state index contributed by atoms with van der Waals surface area (Å²) in [6, 6.07) is 0. The molecule has 7 heavy (non-hydrogen) atoms. The summed E-state index contributed by atoms with van der Waals surface area (Å²) < 4.78 is 0. The Hall–Kier alpha value is -0.0366. The Labute approximate surface area is 56.6 Å². The Morgan fingerprint density at radius 3 is 1.71 bits per heavy atom. The van der Waals surface area contributed by atoms with Gasteiger partial charge in [-0.3, -0.25) is 0 Å². The van der Waals surface area contributed by atoms with Crippen LogP contribution in [0.25, 0.3) is 0 Å². The molecule has 1 amide bonds. The van der Waals surface area contributed by atoms with E-state index in [1.165, 1.54) is 4.90 Å². The third kappa shape index (κ3) is 5.96. The zero-order valence-electron chi connectivity index (χ0n) is 4.77. The minimum atomic E-state index is -0.157. The summed E-state index contributed by atoms with van der Waals surface area (Å²) in [6.07, 6.45) is 0. The molecule has 0 aliphatic carbocycles. The summed E-state index contributed by atoms with van der Waals surface area (Å²) in [5, 5.41) is 0. The van der Waals surface area contributed by atoms with Crippen LogP contribution in [-0.2, 0) is 24.3 Å². The van der Waals surface area contributed by atoms with Crippen LogP contribution in [0.5, 0.6) is 0 Å². The number of carbonyl (C=O) groups excluding carboxylic acids is 1. The molecule has 0 aromatic rings. The van der Waals surface area contributed by atoms with Gasteiger partial charge in [0.15, 0.2) is 0 Å². The Bertz CT molecular complexity index is 62.7. The summed E-state index contributed by atoms with van der Waals surface area (Å²) >= 11 is 0. The molecule has 0 spiro atoms. The second-order valence-corrected chi connectivity index (χ2v) is 1.29. The predicted octanol–water partition coefficient (Wildman–Crippen LogP) is -0.0938. The first-order chi connectivity index (χ1) is 2.64. The smallest absolute Gasteiger partial charge is 0.0817 e. The molecule has 0 aromatic carbocycles. The van der Waals surface area contributed by atoms with E-state index in [2.05, 4.69) is 6.92 Å². The fourth-order valence-corrected chi connectivity index (χ4v) is 0. The van der Waals surface area contributed by atoms with Crippen molar-refractivity contribution in [3.05, 3.63) is 6.92 Å². The molecule has 3 heteroatoms. The second-order valence-electron chi connectivity index (χ2n) is 1.29. The molecule has 0 heterocycles. The summed E-state index contributed by atoms with van der Waals surface area (Å²) in [6.45, 7) is 3.12. The zero-order chi connectivity index (χ0) is 5.15. The van der Waals surface area contributed by atoms with E-state index >= 15 is 0 Å². The molecular weight excluding hydrogens is 145 g/mol. The molecule has 0 saturated carbocycles. The Balaban J connectivity index is 0. The monoisotopic (exact) mass is 152 g/mol. The minimum Gasteiger partial charge on any atom is -0.374 e. The van der Waals surface area contributed by atoms with Crippen LogP contribution in [0.1, 0.15) is 0 Å². The first-order valence-corrected chi connectivity index (χ1v) is 1.68. The molecule has 0 unspecified atom stereocenters. The van der Waals surface area contributed by atoms with Crippen LogP contribution in [0.4, 0.5) is 0 Å².